The highest BCUT2D eigenvalue weighted by Crippen LogP contribution is 2.29. The average Bonchev–Trinajstić information content (AvgIpc) is 2.34. The van der Waals surface area contributed by atoms with Crippen LogP contribution in [-0.2, 0) is 6.61 Å². The van der Waals surface area contributed by atoms with E-state index in [1.54, 1.807) is 30.3 Å². The number of hydrogen-bond acceptors (Lipinski definition) is 3. The lowest BCUT2D eigenvalue weighted by atomic mass is 10.1. The molecule has 19 heavy (non-hydrogen) atoms. The summed E-state index contributed by atoms with van der Waals surface area (Å²) in [6, 6.07) is 8.86. The molecule has 0 spiro atoms. The molecule has 2 rings (SSSR count). The molecule has 0 aliphatic carbocycles. The van der Waals surface area contributed by atoms with E-state index in [0.29, 0.717) is 17.3 Å². The number of benzene rings is 2. The van der Waals surface area contributed by atoms with Gasteiger partial charge in [0.2, 0.25) is 0 Å². The maximum absolute atomic E-state index is 9.60. The summed E-state index contributed by atoms with van der Waals surface area (Å²) in [6.45, 7) is 4.01. The van der Waals surface area contributed by atoms with E-state index in [1.807, 2.05) is 13.8 Å². The highest BCUT2D eigenvalue weighted by Gasteiger charge is 2.08. The highest BCUT2D eigenvalue weighted by atomic mass is 35.5. The van der Waals surface area contributed by atoms with Gasteiger partial charge in [-0.3, -0.25) is 0 Å². The van der Waals surface area contributed by atoms with Crippen LogP contribution in [0, 0.1) is 13.8 Å². The average molecular weight is 278 g/mol. The zero-order valence-corrected chi connectivity index (χ0v) is 11.7. The van der Waals surface area contributed by atoms with Crippen LogP contribution in [0.5, 0.6) is 11.5 Å². The molecule has 0 aromatic heterocycles. The van der Waals surface area contributed by atoms with Crippen LogP contribution >= 0.6 is 11.6 Å². The van der Waals surface area contributed by atoms with Crippen LogP contribution in [0.3, 0.4) is 0 Å². The molecule has 4 heteroatoms. The van der Waals surface area contributed by atoms with Crippen LogP contribution in [0.2, 0.25) is 5.02 Å². The molecule has 100 valence electrons. The fourth-order valence-corrected chi connectivity index (χ4v) is 2.04. The molecule has 3 N–H and O–H groups in total. The number of aromatic hydroxyl groups is 1. The van der Waals surface area contributed by atoms with Crippen molar-refractivity contribution in [1.82, 2.24) is 0 Å². The maximum atomic E-state index is 9.60. The first kappa shape index (κ1) is 13.6. The molecular weight excluding hydrogens is 262 g/mol. The SMILES string of the molecule is Cc1cc(OCc2c(N)cccc2Cl)c(C)cc1O. The summed E-state index contributed by atoms with van der Waals surface area (Å²) in [5.41, 5.74) is 8.90. The number of phenols is 1. The van der Waals surface area contributed by atoms with Gasteiger partial charge in [-0.2, -0.15) is 0 Å². The standard InChI is InChI=1S/C15H16ClNO2/c1-9-7-15(10(2)6-14(9)18)19-8-11-12(16)4-3-5-13(11)17/h3-7,18H,8,17H2,1-2H3. The van der Waals surface area contributed by atoms with Gasteiger partial charge in [-0.05, 0) is 49.2 Å². The number of halogens is 1. The summed E-state index contributed by atoms with van der Waals surface area (Å²) < 4.78 is 5.74. The summed E-state index contributed by atoms with van der Waals surface area (Å²) in [5.74, 6) is 0.983. The summed E-state index contributed by atoms with van der Waals surface area (Å²) in [4.78, 5) is 0. The Bertz CT molecular complexity index is 591. The molecule has 0 amide bonds. The van der Waals surface area contributed by atoms with Gasteiger partial charge in [-0.15, -0.1) is 0 Å². The summed E-state index contributed by atoms with van der Waals surface area (Å²) in [7, 11) is 0. The topological polar surface area (TPSA) is 55.5 Å². The second-order valence-electron chi connectivity index (χ2n) is 4.50. The van der Waals surface area contributed by atoms with Crippen LogP contribution < -0.4 is 10.5 Å². The molecule has 0 atom stereocenters. The molecule has 0 unspecified atom stereocenters. The minimum atomic E-state index is 0.266. The number of ether oxygens (including phenoxy) is 1. The number of aryl methyl sites for hydroxylation is 2. The van der Waals surface area contributed by atoms with E-state index in [2.05, 4.69) is 0 Å². The van der Waals surface area contributed by atoms with E-state index in [4.69, 9.17) is 22.1 Å². The van der Waals surface area contributed by atoms with Gasteiger partial charge in [0.25, 0.3) is 0 Å². The normalized spacial score (nSPS) is 10.5. The zero-order chi connectivity index (χ0) is 14.0. The molecule has 0 radical (unpaired) electrons. The van der Waals surface area contributed by atoms with Gasteiger partial charge in [-0.25, -0.2) is 0 Å². The Morgan fingerprint density at radius 3 is 2.63 bits per heavy atom. The van der Waals surface area contributed by atoms with Crippen molar-refractivity contribution in [2.75, 3.05) is 5.73 Å². The summed E-state index contributed by atoms with van der Waals surface area (Å²) in [5, 5.41) is 10.2. The van der Waals surface area contributed by atoms with Crippen LogP contribution in [0.1, 0.15) is 16.7 Å². The van der Waals surface area contributed by atoms with E-state index >= 15 is 0 Å². The van der Waals surface area contributed by atoms with Gasteiger partial charge >= 0.3 is 0 Å². The first-order valence-corrected chi connectivity index (χ1v) is 6.32. The Kier molecular flexibility index (Phi) is 3.86. The van der Waals surface area contributed by atoms with Gasteiger partial charge in [-0.1, -0.05) is 17.7 Å². The molecule has 2 aromatic rings. The van der Waals surface area contributed by atoms with E-state index in [9.17, 15) is 5.11 Å². The van der Waals surface area contributed by atoms with Crippen molar-refractivity contribution < 1.29 is 9.84 Å². The molecule has 0 aliphatic heterocycles. The third-order valence-corrected chi connectivity index (χ3v) is 3.37. The first-order chi connectivity index (χ1) is 8.99. The van der Waals surface area contributed by atoms with E-state index < -0.39 is 0 Å². The molecule has 0 bridgehead atoms. The molecule has 2 aromatic carbocycles. The molecule has 0 saturated heterocycles. The Morgan fingerprint density at radius 1 is 1.21 bits per heavy atom. The van der Waals surface area contributed by atoms with Gasteiger partial charge in [0.15, 0.2) is 0 Å². The Balaban J connectivity index is 2.22. The predicted octanol–water partition coefficient (Wildman–Crippen LogP) is 3.82. The van der Waals surface area contributed by atoms with Crippen LogP contribution in [0.15, 0.2) is 30.3 Å². The minimum absolute atomic E-state index is 0.266. The lowest BCUT2D eigenvalue weighted by Crippen LogP contribution is -2.02. The highest BCUT2D eigenvalue weighted by molar-refractivity contribution is 6.31. The van der Waals surface area contributed by atoms with Gasteiger partial charge in [0.05, 0.1) is 0 Å². The molecule has 0 saturated carbocycles. The van der Waals surface area contributed by atoms with E-state index in [-0.39, 0.29) is 5.75 Å². The van der Waals surface area contributed by atoms with Crippen molar-refractivity contribution in [3.63, 3.8) is 0 Å². The van der Waals surface area contributed by atoms with Gasteiger partial charge < -0.3 is 15.6 Å². The molecule has 0 fully saturated rings. The van der Waals surface area contributed by atoms with Crippen molar-refractivity contribution >= 4 is 17.3 Å². The monoisotopic (exact) mass is 277 g/mol. The Labute approximate surface area is 117 Å². The number of rotatable bonds is 3. The van der Waals surface area contributed by atoms with Crippen LogP contribution in [0.4, 0.5) is 5.69 Å². The van der Waals surface area contributed by atoms with Crippen molar-refractivity contribution in [3.05, 3.63) is 52.0 Å². The van der Waals surface area contributed by atoms with Crippen molar-refractivity contribution in [2.45, 2.75) is 20.5 Å². The maximum Gasteiger partial charge on any atom is 0.123 e. The Morgan fingerprint density at radius 2 is 1.95 bits per heavy atom. The summed E-state index contributed by atoms with van der Waals surface area (Å²) in [6.07, 6.45) is 0. The largest absolute Gasteiger partial charge is 0.508 e. The quantitative estimate of drug-likeness (QED) is 0.839. The first-order valence-electron chi connectivity index (χ1n) is 5.95. The molecular formula is C15H16ClNO2. The predicted molar refractivity (Wildman–Crippen MR) is 77.8 cm³/mol. The minimum Gasteiger partial charge on any atom is -0.508 e. The zero-order valence-electron chi connectivity index (χ0n) is 10.9. The lowest BCUT2D eigenvalue weighted by molar-refractivity contribution is 0.304. The van der Waals surface area contributed by atoms with E-state index in [1.165, 1.54) is 0 Å². The van der Waals surface area contributed by atoms with Gasteiger partial charge in [0.1, 0.15) is 18.1 Å². The Hall–Kier alpha value is -1.87. The van der Waals surface area contributed by atoms with E-state index in [0.717, 1.165) is 22.4 Å². The molecule has 0 heterocycles. The fraction of sp³-hybridized carbons (Fsp3) is 0.200. The fourth-order valence-electron chi connectivity index (χ4n) is 1.81. The molecule has 3 nitrogen and oxygen atoms in total. The number of phenolic OH excluding ortho intramolecular Hbond substituents is 1. The van der Waals surface area contributed by atoms with Crippen LogP contribution in [0.25, 0.3) is 0 Å². The lowest BCUT2D eigenvalue weighted by Gasteiger charge is -2.13. The number of anilines is 1. The second-order valence-corrected chi connectivity index (χ2v) is 4.91. The smallest absolute Gasteiger partial charge is 0.123 e. The van der Waals surface area contributed by atoms with Gasteiger partial charge in [0, 0.05) is 16.3 Å². The second kappa shape index (κ2) is 5.41. The molecule has 0 aliphatic rings. The third kappa shape index (κ3) is 2.93. The number of nitrogens with two attached hydrogens (primary N) is 1. The summed E-state index contributed by atoms with van der Waals surface area (Å²) >= 11 is 6.09. The number of hydrogen-bond donors (Lipinski definition) is 2. The van der Waals surface area contributed by atoms with Crippen molar-refractivity contribution in [1.29, 1.82) is 0 Å². The number of nitrogen functional groups attached to an aromatic ring is 1. The van der Waals surface area contributed by atoms with Crippen molar-refractivity contribution in [3.8, 4) is 11.5 Å². The third-order valence-electron chi connectivity index (χ3n) is 3.02. The van der Waals surface area contributed by atoms with Crippen LogP contribution in [-0.4, -0.2) is 5.11 Å². The van der Waals surface area contributed by atoms with Crippen molar-refractivity contribution in [2.24, 2.45) is 0 Å².